The molecule has 2 aromatic carbocycles. The number of hydrogen-bond acceptors (Lipinski definition) is 5. The predicted molar refractivity (Wildman–Crippen MR) is 125 cm³/mol. The van der Waals surface area contributed by atoms with Crippen molar-refractivity contribution in [3.8, 4) is 11.1 Å². The first kappa shape index (κ1) is 23.8. The Hall–Kier alpha value is -3.39. The standard InChI is InChI=1S/C26H30N2O6/c1-16(33-2)24(25(31)28-13-7-8-17(28)14-23(29)30)27-26(32)34-15-22-20-11-5-3-9-18(20)19-10-4-6-12-21(19)22/h3-6,9-12,16-17,22,24H,7-8,13-15H2,1-2H3,(H,27,32)(H,29,30). The van der Waals surface area contributed by atoms with Gasteiger partial charge in [-0.1, -0.05) is 48.5 Å². The Kier molecular flexibility index (Phi) is 7.17. The Balaban J connectivity index is 1.44. The summed E-state index contributed by atoms with van der Waals surface area (Å²) in [6, 6.07) is 14.8. The first-order valence-corrected chi connectivity index (χ1v) is 11.6. The summed E-state index contributed by atoms with van der Waals surface area (Å²) in [5.74, 6) is -1.40. The van der Waals surface area contributed by atoms with Crippen LogP contribution in [0.15, 0.2) is 48.5 Å². The van der Waals surface area contributed by atoms with Crippen molar-refractivity contribution in [2.75, 3.05) is 20.3 Å². The molecule has 1 aliphatic heterocycles. The number of carboxylic acids is 1. The van der Waals surface area contributed by atoms with E-state index in [-0.39, 0.29) is 30.9 Å². The molecule has 0 radical (unpaired) electrons. The molecule has 0 spiro atoms. The second kappa shape index (κ2) is 10.3. The molecule has 2 aliphatic rings. The van der Waals surface area contributed by atoms with E-state index < -0.39 is 24.2 Å². The fourth-order valence-corrected chi connectivity index (χ4v) is 5.00. The maximum atomic E-state index is 13.2. The molecule has 3 unspecified atom stereocenters. The van der Waals surface area contributed by atoms with Crippen LogP contribution in [0.3, 0.4) is 0 Å². The number of likely N-dealkylation sites (tertiary alicyclic amines) is 1. The van der Waals surface area contributed by atoms with Crippen LogP contribution in [-0.2, 0) is 19.1 Å². The van der Waals surface area contributed by atoms with Crippen molar-refractivity contribution in [3.63, 3.8) is 0 Å². The predicted octanol–water partition coefficient (Wildman–Crippen LogP) is 3.39. The number of amides is 2. The van der Waals surface area contributed by atoms with Crippen LogP contribution in [0.1, 0.15) is 43.2 Å². The Bertz CT molecular complexity index is 1030. The summed E-state index contributed by atoms with van der Waals surface area (Å²) in [5.41, 5.74) is 4.46. The summed E-state index contributed by atoms with van der Waals surface area (Å²) in [7, 11) is 1.46. The number of methoxy groups -OCH3 is 1. The van der Waals surface area contributed by atoms with Gasteiger partial charge in [0.25, 0.3) is 0 Å². The van der Waals surface area contributed by atoms with Crippen LogP contribution >= 0.6 is 0 Å². The molecular formula is C26H30N2O6. The number of nitrogens with one attached hydrogen (secondary N) is 1. The topological polar surface area (TPSA) is 105 Å². The third-order valence-electron chi connectivity index (χ3n) is 6.79. The van der Waals surface area contributed by atoms with Crippen molar-refractivity contribution in [3.05, 3.63) is 59.7 Å². The number of benzene rings is 2. The molecule has 1 aliphatic carbocycles. The monoisotopic (exact) mass is 466 g/mol. The lowest BCUT2D eigenvalue weighted by molar-refractivity contribution is -0.141. The van der Waals surface area contributed by atoms with Crippen LogP contribution < -0.4 is 5.32 Å². The van der Waals surface area contributed by atoms with E-state index in [0.29, 0.717) is 13.0 Å². The van der Waals surface area contributed by atoms with E-state index in [2.05, 4.69) is 17.4 Å². The summed E-state index contributed by atoms with van der Waals surface area (Å²) < 4.78 is 10.9. The first-order valence-electron chi connectivity index (χ1n) is 11.6. The van der Waals surface area contributed by atoms with Gasteiger partial charge in [-0.3, -0.25) is 9.59 Å². The van der Waals surface area contributed by atoms with Gasteiger partial charge in [-0.05, 0) is 42.0 Å². The highest BCUT2D eigenvalue weighted by molar-refractivity contribution is 5.87. The summed E-state index contributed by atoms with van der Waals surface area (Å²) in [6.07, 6.45) is -0.0953. The summed E-state index contributed by atoms with van der Waals surface area (Å²) in [4.78, 5) is 38.8. The Morgan fingerprint density at radius 1 is 1.09 bits per heavy atom. The van der Waals surface area contributed by atoms with E-state index in [1.807, 2.05) is 36.4 Å². The van der Waals surface area contributed by atoms with Crippen molar-refractivity contribution >= 4 is 18.0 Å². The lowest BCUT2D eigenvalue weighted by Crippen LogP contribution is -2.55. The molecule has 0 aromatic heterocycles. The van der Waals surface area contributed by atoms with Gasteiger partial charge in [-0.2, -0.15) is 0 Å². The van der Waals surface area contributed by atoms with Crippen LogP contribution in [0.5, 0.6) is 0 Å². The van der Waals surface area contributed by atoms with Gasteiger partial charge < -0.3 is 24.8 Å². The zero-order valence-corrected chi connectivity index (χ0v) is 19.4. The molecule has 2 N–H and O–H groups in total. The number of rotatable bonds is 8. The molecule has 1 heterocycles. The van der Waals surface area contributed by atoms with Crippen LogP contribution in [0.2, 0.25) is 0 Å². The van der Waals surface area contributed by atoms with Gasteiger partial charge >= 0.3 is 12.1 Å². The Morgan fingerprint density at radius 3 is 2.29 bits per heavy atom. The molecule has 34 heavy (non-hydrogen) atoms. The molecule has 2 amide bonds. The summed E-state index contributed by atoms with van der Waals surface area (Å²) in [5, 5.41) is 11.8. The number of carboxylic acid groups (broad SMARTS) is 1. The number of aliphatic carboxylic acids is 1. The van der Waals surface area contributed by atoms with Crippen molar-refractivity contribution in [2.24, 2.45) is 0 Å². The van der Waals surface area contributed by atoms with Crippen molar-refractivity contribution in [1.29, 1.82) is 0 Å². The lowest BCUT2D eigenvalue weighted by Gasteiger charge is -2.31. The molecule has 3 atom stereocenters. The Labute approximate surface area is 198 Å². The van der Waals surface area contributed by atoms with E-state index in [1.165, 1.54) is 12.0 Å². The van der Waals surface area contributed by atoms with Crippen LogP contribution in [0, 0.1) is 0 Å². The number of carbonyl (C=O) groups excluding carboxylic acids is 2. The number of nitrogens with zero attached hydrogens (tertiary/aromatic N) is 1. The molecule has 2 aromatic rings. The molecule has 0 bridgehead atoms. The zero-order valence-electron chi connectivity index (χ0n) is 19.4. The molecule has 8 nitrogen and oxygen atoms in total. The van der Waals surface area contributed by atoms with Crippen molar-refractivity contribution < 1.29 is 29.0 Å². The van der Waals surface area contributed by atoms with Gasteiger partial charge in [0.15, 0.2) is 0 Å². The van der Waals surface area contributed by atoms with Gasteiger partial charge in [0.05, 0.1) is 12.5 Å². The Morgan fingerprint density at radius 2 is 1.71 bits per heavy atom. The molecule has 8 heteroatoms. The average Bonchev–Trinajstić information content (AvgIpc) is 3.42. The molecule has 1 fully saturated rings. The van der Waals surface area contributed by atoms with Crippen LogP contribution in [-0.4, -0.2) is 66.4 Å². The van der Waals surface area contributed by atoms with Crippen molar-refractivity contribution in [2.45, 2.75) is 50.3 Å². The highest BCUT2D eigenvalue weighted by Gasteiger charge is 2.38. The minimum absolute atomic E-state index is 0.0920. The minimum atomic E-state index is -0.977. The molecular weight excluding hydrogens is 436 g/mol. The molecule has 4 rings (SSSR count). The van der Waals surface area contributed by atoms with E-state index in [9.17, 15) is 19.5 Å². The second-order valence-electron chi connectivity index (χ2n) is 8.81. The summed E-state index contributed by atoms with van der Waals surface area (Å²) >= 11 is 0. The van der Waals surface area contributed by atoms with Crippen LogP contribution in [0.4, 0.5) is 4.79 Å². The SMILES string of the molecule is COC(C)C(NC(=O)OCC1c2ccccc2-c2ccccc21)C(=O)N1CCCC1CC(=O)O. The number of alkyl carbamates (subject to hydrolysis) is 1. The average molecular weight is 467 g/mol. The van der Waals surface area contributed by atoms with E-state index in [0.717, 1.165) is 28.7 Å². The van der Waals surface area contributed by atoms with E-state index in [4.69, 9.17) is 9.47 Å². The van der Waals surface area contributed by atoms with Gasteiger partial charge in [-0.15, -0.1) is 0 Å². The van der Waals surface area contributed by atoms with Gasteiger partial charge in [0.1, 0.15) is 12.6 Å². The smallest absolute Gasteiger partial charge is 0.407 e. The van der Waals surface area contributed by atoms with Crippen LogP contribution in [0.25, 0.3) is 11.1 Å². The van der Waals surface area contributed by atoms with Gasteiger partial charge in [0, 0.05) is 25.6 Å². The summed E-state index contributed by atoms with van der Waals surface area (Å²) in [6.45, 7) is 2.28. The third-order valence-corrected chi connectivity index (χ3v) is 6.79. The fourth-order valence-electron chi connectivity index (χ4n) is 5.00. The lowest BCUT2D eigenvalue weighted by atomic mass is 9.98. The zero-order chi connectivity index (χ0) is 24.2. The van der Waals surface area contributed by atoms with Crippen molar-refractivity contribution in [1.82, 2.24) is 10.2 Å². The minimum Gasteiger partial charge on any atom is -0.481 e. The first-order chi connectivity index (χ1) is 16.4. The second-order valence-corrected chi connectivity index (χ2v) is 8.81. The number of carbonyl (C=O) groups is 3. The maximum Gasteiger partial charge on any atom is 0.407 e. The number of hydrogen-bond donors (Lipinski definition) is 2. The quantitative estimate of drug-likeness (QED) is 0.618. The normalized spacial score (nSPS) is 18.6. The van der Waals surface area contributed by atoms with E-state index >= 15 is 0 Å². The largest absolute Gasteiger partial charge is 0.481 e. The number of ether oxygens (including phenoxy) is 2. The molecule has 180 valence electrons. The van der Waals surface area contributed by atoms with Gasteiger partial charge in [0.2, 0.25) is 5.91 Å². The van der Waals surface area contributed by atoms with E-state index in [1.54, 1.807) is 6.92 Å². The maximum absolute atomic E-state index is 13.2. The number of fused-ring (bicyclic) bond motifs is 3. The fraction of sp³-hybridized carbons (Fsp3) is 0.423. The van der Waals surface area contributed by atoms with Gasteiger partial charge in [-0.25, -0.2) is 4.79 Å². The third kappa shape index (κ3) is 4.77. The molecule has 1 saturated heterocycles. The highest BCUT2D eigenvalue weighted by atomic mass is 16.5. The highest BCUT2D eigenvalue weighted by Crippen LogP contribution is 2.44. The molecule has 0 saturated carbocycles.